The highest BCUT2D eigenvalue weighted by Gasteiger charge is 2.15. The Hall–Kier alpha value is -1.51. The fourth-order valence-electron chi connectivity index (χ4n) is 0.979. The van der Waals surface area contributed by atoms with Crippen molar-refractivity contribution in [3.63, 3.8) is 0 Å². The molecule has 1 aromatic carbocycles. The van der Waals surface area contributed by atoms with Crippen molar-refractivity contribution < 1.29 is 9.53 Å². The fourth-order valence-corrected chi connectivity index (χ4v) is 0.979. The van der Waals surface area contributed by atoms with Crippen LogP contribution >= 0.6 is 0 Å². The number of para-hydroxylation sites is 2. The van der Waals surface area contributed by atoms with Crippen LogP contribution in [0.1, 0.15) is 0 Å². The molecule has 0 unspecified atom stereocenters. The molecule has 1 aliphatic rings. The first-order valence-electron chi connectivity index (χ1n) is 3.33. The highest BCUT2D eigenvalue weighted by atomic mass is 16.5. The molecular formula is C8H6NO2. The Labute approximate surface area is 64.0 Å². The minimum absolute atomic E-state index is 0.136. The molecule has 0 aliphatic carbocycles. The highest BCUT2D eigenvalue weighted by Crippen LogP contribution is 2.26. The molecule has 0 bridgehead atoms. The van der Waals surface area contributed by atoms with Gasteiger partial charge in [0.05, 0.1) is 0 Å². The number of esters is 1. The predicted molar refractivity (Wildman–Crippen MR) is 38.7 cm³/mol. The third-order valence-corrected chi connectivity index (χ3v) is 1.47. The molecule has 0 fully saturated rings. The number of hydrogen-bond acceptors (Lipinski definition) is 2. The summed E-state index contributed by atoms with van der Waals surface area (Å²) in [6, 6.07) is 7.23. The van der Waals surface area contributed by atoms with Crippen LogP contribution in [0.5, 0.6) is 5.75 Å². The van der Waals surface area contributed by atoms with Crippen LogP contribution in [0.3, 0.4) is 0 Å². The van der Waals surface area contributed by atoms with E-state index in [2.05, 4.69) is 5.32 Å². The average molecular weight is 148 g/mol. The van der Waals surface area contributed by atoms with Gasteiger partial charge in [0.1, 0.15) is 12.2 Å². The van der Waals surface area contributed by atoms with E-state index in [9.17, 15) is 4.79 Å². The van der Waals surface area contributed by atoms with Crippen molar-refractivity contribution in [2.24, 2.45) is 0 Å². The van der Waals surface area contributed by atoms with Gasteiger partial charge in [-0.05, 0) is 12.1 Å². The number of hydrogen-bond donors (Lipinski definition) is 0. The Morgan fingerprint density at radius 2 is 2.18 bits per heavy atom. The Morgan fingerprint density at radius 1 is 1.36 bits per heavy atom. The lowest BCUT2D eigenvalue weighted by atomic mass is 10.2. The maximum absolute atomic E-state index is 10.7. The molecule has 3 nitrogen and oxygen atoms in total. The molecule has 0 saturated carbocycles. The van der Waals surface area contributed by atoms with Gasteiger partial charge in [-0.15, -0.1) is 0 Å². The summed E-state index contributed by atoms with van der Waals surface area (Å²) in [6.07, 6.45) is 0. The van der Waals surface area contributed by atoms with Crippen LogP contribution in [0.2, 0.25) is 0 Å². The summed E-state index contributed by atoms with van der Waals surface area (Å²) in [5.41, 5.74) is 0.757. The Kier molecular flexibility index (Phi) is 1.28. The number of carbonyl (C=O) groups excluding carboxylic acids is 1. The van der Waals surface area contributed by atoms with Gasteiger partial charge in [0, 0.05) is 0 Å². The molecule has 1 heterocycles. The van der Waals surface area contributed by atoms with Gasteiger partial charge in [-0.25, -0.2) is 4.79 Å². The quantitative estimate of drug-likeness (QED) is 0.404. The van der Waals surface area contributed by atoms with Crippen molar-refractivity contribution in [2.45, 2.75) is 0 Å². The third kappa shape index (κ3) is 1.05. The Balaban J connectivity index is 2.41. The molecule has 0 aromatic heterocycles. The molecule has 55 valence electrons. The molecule has 2 rings (SSSR count). The second-order valence-electron chi connectivity index (χ2n) is 2.26. The van der Waals surface area contributed by atoms with Crippen molar-refractivity contribution in [1.82, 2.24) is 5.32 Å². The Morgan fingerprint density at radius 3 is 3.09 bits per heavy atom. The molecule has 0 N–H and O–H groups in total. The number of nitrogens with zero attached hydrogens (tertiary/aromatic N) is 1. The van der Waals surface area contributed by atoms with Gasteiger partial charge in [-0.3, -0.25) is 5.32 Å². The number of fused-ring (bicyclic) bond motifs is 1. The maximum Gasteiger partial charge on any atom is 0.333 e. The molecular weight excluding hydrogens is 142 g/mol. The monoisotopic (exact) mass is 148 g/mol. The van der Waals surface area contributed by atoms with Crippen LogP contribution in [0.4, 0.5) is 5.69 Å². The largest absolute Gasteiger partial charge is 0.423 e. The summed E-state index contributed by atoms with van der Waals surface area (Å²) >= 11 is 0. The maximum atomic E-state index is 10.7. The van der Waals surface area contributed by atoms with E-state index in [1.165, 1.54) is 0 Å². The minimum atomic E-state index is -0.288. The minimum Gasteiger partial charge on any atom is -0.423 e. The third-order valence-electron chi connectivity index (χ3n) is 1.47. The number of benzene rings is 1. The predicted octanol–water partition coefficient (Wildman–Crippen LogP) is 0.841. The number of carbonyl (C=O) groups is 1. The molecule has 11 heavy (non-hydrogen) atoms. The van der Waals surface area contributed by atoms with Gasteiger partial charge >= 0.3 is 5.97 Å². The van der Waals surface area contributed by atoms with E-state index in [0.29, 0.717) is 5.75 Å². The van der Waals surface area contributed by atoms with E-state index in [0.717, 1.165) is 5.69 Å². The molecule has 3 heteroatoms. The van der Waals surface area contributed by atoms with Crippen molar-refractivity contribution in [3.8, 4) is 5.75 Å². The zero-order valence-electron chi connectivity index (χ0n) is 5.78. The number of ether oxygens (including phenoxy) is 1. The van der Waals surface area contributed by atoms with Crippen LogP contribution in [-0.2, 0) is 4.79 Å². The zero-order chi connectivity index (χ0) is 7.68. The second kappa shape index (κ2) is 2.27. The van der Waals surface area contributed by atoms with Crippen molar-refractivity contribution in [2.75, 3.05) is 6.54 Å². The summed E-state index contributed by atoms with van der Waals surface area (Å²) in [6.45, 7) is 0.136. The second-order valence-corrected chi connectivity index (χ2v) is 2.26. The molecule has 1 aliphatic heterocycles. The van der Waals surface area contributed by atoms with Gasteiger partial charge in [0.25, 0.3) is 0 Å². The van der Waals surface area contributed by atoms with Crippen LogP contribution in [-0.4, -0.2) is 12.5 Å². The summed E-state index contributed by atoms with van der Waals surface area (Å²) in [4.78, 5) is 10.7. The SMILES string of the molecule is O=C1C[N]c2ccccc2O1. The van der Waals surface area contributed by atoms with Crippen molar-refractivity contribution in [3.05, 3.63) is 24.3 Å². The topological polar surface area (TPSA) is 40.4 Å². The van der Waals surface area contributed by atoms with Gasteiger partial charge in [0.15, 0.2) is 5.75 Å². The summed E-state index contributed by atoms with van der Waals surface area (Å²) in [7, 11) is 0. The first kappa shape index (κ1) is 6.22. The molecule has 0 saturated heterocycles. The fraction of sp³-hybridized carbons (Fsp3) is 0.125. The highest BCUT2D eigenvalue weighted by molar-refractivity contribution is 5.79. The van der Waals surface area contributed by atoms with E-state index in [-0.39, 0.29) is 12.5 Å². The van der Waals surface area contributed by atoms with Gasteiger partial charge in [-0.2, -0.15) is 0 Å². The van der Waals surface area contributed by atoms with E-state index in [4.69, 9.17) is 4.74 Å². The first-order chi connectivity index (χ1) is 5.36. The van der Waals surface area contributed by atoms with E-state index < -0.39 is 0 Å². The number of rotatable bonds is 0. The first-order valence-corrected chi connectivity index (χ1v) is 3.33. The lowest BCUT2D eigenvalue weighted by Crippen LogP contribution is -2.23. The van der Waals surface area contributed by atoms with Crippen LogP contribution in [0.25, 0.3) is 0 Å². The van der Waals surface area contributed by atoms with Crippen LogP contribution < -0.4 is 10.1 Å². The normalized spacial score (nSPS) is 14.7. The smallest absolute Gasteiger partial charge is 0.333 e. The molecule has 1 radical (unpaired) electrons. The van der Waals surface area contributed by atoms with E-state index >= 15 is 0 Å². The Bertz CT molecular complexity index is 296. The molecule has 0 atom stereocenters. The van der Waals surface area contributed by atoms with Crippen LogP contribution in [0, 0.1) is 0 Å². The van der Waals surface area contributed by atoms with Gasteiger partial charge < -0.3 is 4.74 Å². The van der Waals surface area contributed by atoms with Crippen LogP contribution in [0.15, 0.2) is 24.3 Å². The standard InChI is InChI=1S/C8H6NO2/c10-8-5-9-6-3-1-2-4-7(6)11-8/h1-4H,5H2. The van der Waals surface area contributed by atoms with Crippen molar-refractivity contribution >= 4 is 11.7 Å². The molecule has 0 amide bonds. The summed E-state index contributed by atoms with van der Waals surface area (Å²) in [5.74, 6) is 0.271. The van der Waals surface area contributed by atoms with E-state index in [1.54, 1.807) is 6.07 Å². The molecule has 0 spiro atoms. The van der Waals surface area contributed by atoms with E-state index in [1.807, 2.05) is 18.2 Å². The summed E-state index contributed by atoms with van der Waals surface area (Å²) < 4.78 is 4.90. The summed E-state index contributed by atoms with van der Waals surface area (Å²) in [5, 5.41) is 4.00. The van der Waals surface area contributed by atoms with Gasteiger partial charge in [-0.1, -0.05) is 12.1 Å². The van der Waals surface area contributed by atoms with Gasteiger partial charge in [0.2, 0.25) is 0 Å². The lowest BCUT2D eigenvalue weighted by molar-refractivity contribution is -0.133. The lowest BCUT2D eigenvalue weighted by Gasteiger charge is -2.13. The molecule has 1 aromatic rings. The zero-order valence-corrected chi connectivity index (χ0v) is 5.78. The average Bonchev–Trinajstić information content (AvgIpc) is 2.04. The van der Waals surface area contributed by atoms with Crippen molar-refractivity contribution in [1.29, 1.82) is 0 Å².